The van der Waals surface area contributed by atoms with Crippen LogP contribution >= 0.6 is 27.5 Å². The van der Waals surface area contributed by atoms with Gasteiger partial charge in [-0.15, -0.1) is 0 Å². The first kappa shape index (κ1) is 22.0. The number of fused-ring (bicyclic) bond motifs is 3. The van der Waals surface area contributed by atoms with E-state index in [2.05, 4.69) is 30.7 Å². The maximum absolute atomic E-state index is 15.4. The fourth-order valence-corrected chi connectivity index (χ4v) is 6.67. The van der Waals surface area contributed by atoms with Gasteiger partial charge in [-0.05, 0) is 48.2 Å². The zero-order valence-corrected chi connectivity index (χ0v) is 20.6. The Kier molecular flexibility index (Phi) is 5.57. The fourth-order valence-electron chi connectivity index (χ4n) is 6.07. The van der Waals surface area contributed by atoms with E-state index in [9.17, 15) is 4.39 Å². The van der Waals surface area contributed by atoms with Crippen LogP contribution in [0.2, 0.25) is 5.02 Å². The quantitative estimate of drug-likeness (QED) is 0.491. The van der Waals surface area contributed by atoms with E-state index in [-0.39, 0.29) is 32.6 Å². The maximum atomic E-state index is 15.4. The molecule has 0 N–H and O–H groups in total. The second kappa shape index (κ2) is 8.34. The van der Waals surface area contributed by atoms with Crippen LogP contribution in [0.1, 0.15) is 44.9 Å². The van der Waals surface area contributed by atoms with Crippen molar-refractivity contribution in [2.24, 2.45) is 0 Å². The lowest BCUT2D eigenvalue weighted by Gasteiger charge is -2.31. The van der Waals surface area contributed by atoms with E-state index in [0.717, 1.165) is 51.6 Å². The minimum absolute atomic E-state index is 0.116. The van der Waals surface area contributed by atoms with Crippen LogP contribution in [0.25, 0.3) is 10.9 Å². The first-order valence-electron chi connectivity index (χ1n) is 11.8. The van der Waals surface area contributed by atoms with Crippen LogP contribution in [0.5, 0.6) is 11.8 Å². The van der Waals surface area contributed by atoms with Crippen molar-refractivity contribution in [3.05, 3.63) is 15.3 Å². The van der Waals surface area contributed by atoms with Gasteiger partial charge in [0, 0.05) is 19.5 Å². The summed E-state index contributed by atoms with van der Waals surface area (Å²) in [4.78, 5) is 13.6. The van der Waals surface area contributed by atoms with Crippen molar-refractivity contribution in [2.75, 3.05) is 37.7 Å². The number of nitrogens with zero attached hydrogens (tertiary/aromatic N) is 4. The third-order valence-corrected chi connectivity index (χ3v) is 9.02. The second-order valence-corrected chi connectivity index (χ2v) is 10.9. The van der Waals surface area contributed by atoms with Gasteiger partial charge in [-0.2, -0.15) is 9.97 Å². The van der Waals surface area contributed by atoms with Crippen molar-refractivity contribution in [3.63, 3.8) is 0 Å². The number of anilines is 1. The molecule has 0 saturated carbocycles. The standard InChI is InChI=1S/C23H26BrClF2N4O2/c24-16-17(25)20-15-19(18(16)27)28-22(33-12-23-6-4-7-30(23)10-13(26)9-23)29-21(15)31-8-3-1-2-5-14(31)11-32-20/h13-14H,1-12H2/t13-,14?,23?/m1/s1. The summed E-state index contributed by atoms with van der Waals surface area (Å²) < 4.78 is 41.9. The minimum atomic E-state index is -0.843. The number of hydrogen-bond donors (Lipinski definition) is 0. The van der Waals surface area contributed by atoms with Gasteiger partial charge in [0.1, 0.15) is 35.7 Å². The Morgan fingerprint density at radius 1 is 1.21 bits per heavy atom. The lowest BCUT2D eigenvalue weighted by atomic mass is 9.95. The van der Waals surface area contributed by atoms with Crippen molar-refractivity contribution in [1.82, 2.24) is 14.9 Å². The third kappa shape index (κ3) is 3.57. The van der Waals surface area contributed by atoms with E-state index in [4.69, 9.17) is 26.1 Å². The highest BCUT2D eigenvalue weighted by molar-refractivity contribution is 9.10. The van der Waals surface area contributed by atoms with E-state index < -0.39 is 12.0 Å². The summed E-state index contributed by atoms with van der Waals surface area (Å²) in [5.41, 5.74) is -0.202. The van der Waals surface area contributed by atoms with Gasteiger partial charge in [-0.1, -0.05) is 24.4 Å². The summed E-state index contributed by atoms with van der Waals surface area (Å²) >= 11 is 9.75. The molecule has 33 heavy (non-hydrogen) atoms. The Hall–Kier alpha value is -1.45. The van der Waals surface area contributed by atoms with Crippen molar-refractivity contribution < 1.29 is 18.3 Å². The van der Waals surface area contributed by atoms with Gasteiger partial charge in [-0.3, -0.25) is 4.90 Å². The highest BCUT2D eigenvalue weighted by atomic mass is 79.9. The molecule has 3 atom stereocenters. The maximum Gasteiger partial charge on any atom is 0.319 e. The number of halogens is 4. The summed E-state index contributed by atoms with van der Waals surface area (Å²) in [6.07, 6.45) is 5.75. The second-order valence-electron chi connectivity index (χ2n) is 9.70. The molecule has 3 fully saturated rings. The van der Waals surface area contributed by atoms with Crippen LogP contribution < -0.4 is 14.4 Å². The molecular weight excluding hydrogens is 518 g/mol. The highest BCUT2D eigenvalue weighted by Crippen LogP contribution is 2.47. The Labute approximate surface area is 204 Å². The molecule has 2 unspecified atom stereocenters. The first-order valence-corrected chi connectivity index (χ1v) is 12.9. The van der Waals surface area contributed by atoms with Gasteiger partial charge in [-0.25, -0.2) is 8.78 Å². The number of benzene rings is 1. The molecule has 0 radical (unpaired) electrons. The molecule has 2 aromatic rings. The third-order valence-electron chi connectivity index (χ3n) is 7.69. The largest absolute Gasteiger partial charge is 0.489 e. The molecule has 3 saturated heterocycles. The Morgan fingerprint density at radius 2 is 2.09 bits per heavy atom. The van der Waals surface area contributed by atoms with Gasteiger partial charge in [0.15, 0.2) is 11.6 Å². The molecule has 178 valence electrons. The summed E-state index contributed by atoms with van der Waals surface area (Å²) in [7, 11) is 0. The molecule has 0 amide bonds. The predicted octanol–water partition coefficient (Wildman–Crippen LogP) is 5.28. The average Bonchev–Trinajstić information content (AvgIpc) is 3.14. The van der Waals surface area contributed by atoms with E-state index in [1.807, 2.05) is 0 Å². The van der Waals surface area contributed by atoms with Crippen molar-refractivity contribution in [2.45, 2.75) is 62.7 Å². The molecule has 6 nitrogen and oxygen atoms in total. The molecule has 4 aliphatic rings. The van der Waals surface area contributed by atoms with Crippen LogP contribution in [-0.2, 0) is 0 Å². The van der Waals surface area contributed by atoms with Crippen molar-refractivity contribution >= 4 is 44.3 Å². The van der Waals surface area contributed by atoms with Crippen LogP contribution in [0.4, 0.5) is 14.6 Å². The number of rotatable bonds is 3. The van der Waals surface area contributed by atoms with E-state index in [0.29, 0.717) is 43.1 Å². The lowest BCUT2D eigenvalue weighted by Crippen LogP contribution is -2.43. The molecule has 1 aromatic heterocycles. The van der Waals surface area contributed by atoms with Crippen molar-refractivity contribution in [1.29, 1.82) is 0 Å². The number of hydrogen-bond acceptors (Lipinski definition) is 6. The van der Waals surface area contributed by atoms with Crippen LogP contribution in [0.3, 0.4) is 0 Å². The molecule has 4 aliphatic heterocycles. The van der Waals surface area contributed by atoms with Gasteiger partial charge in [0.2, 0.25) is 0 Å². The normalized spacial score (nSPS) is 29.4. The molecular formula is C23H26BrClF2N4O2. The monoisotopic (exact) mass is 542 g/mol. The lowest BCUT2D eigenvalue weighted by molar-refractivity contribution is 0.107. The predicted molar refractivity (Wildman–Crippen MR) is 126 cm³/mol. The van der Waals surface area contributed by atoms with Crippen LogP contribution in [-0.4, -0.2) is 65.5 Å². The minimum Gasteiger partial charge on any atom is -0.489 e. The zero-order chi connectivity index (χ0) is 22.7. The molecule has 0 aliphatic carbocycles. The summed E-state index contributed by atoms with van der Waals surface area (Å²) in [5.74, 6) is 0.457. The molecule has 5 heterocycles. The highest BCUT2D eigenvalue weighted by Gasteiger charge is 2.49. The van der Waals surface area contributed by atoms with E-state index in [1.165, 1.54) is 0 Å². The molecule has 0 bridgehead atoms. The zero-order valence-electron chi connectivity index (χ0n) is 18.3. The number of aromatic nitrogens is 2. The van der Waals surface area contributed by atoms with Crippen LogP contribution in [0, 0.1) is 5.82 Å². The summed E-state index contributed by atoms with van der Waals surface area (Å²) in [6.45, 7) is 2.87. The molecule has 1 aromatic carbocycles. The molecule has 0 spiro atoms. The number of ether oxygens (including phenoxy) is 2. The van der Waals surface area contributed by atoms with Crippen molar-refractivity contribution in [3.8, 4) is 11.8 Å². The summed E-state index contributed by atoms with van der Waals surface area (Å²) in [6, 6.07) is 0.236. The van der Waals surface area contributed by atoms with Crippen LogP contribution in [0.15, 0.2) is 4.47 Å². The molecule has 10 heteroatoms. The average molecular weight is 544 g/mol. The Balaban J connectivity index is 1.44. The van der Waals surface area contributed by atoms with E-state index >= 15 is 4.39 Å². The summed E-state index contributed by atoms with van der Waals surface area (Å²) in [5, 5.41) is 0.680. The van der Waals surface area contributed by atoms with Gasteiger partial charge in [0.25, 0.3) is 0 Å². The van der Waals surface area contributed by atoms with Gasteiger partial charge >= 0.3 is 6.01 Å². The number of alkyl halides is 1. The topological polar surface area (TPSA) is 50.7 Å². The SMILES string of the molecule is Fc1c(Br)c(Cl)c2c3c(nc(OCC45CCCN4C[C@H](F)C5)nc13)N1CCCCCC1CO2. The molecule has 6 rings (SSSR count). The fraction of sp³-hybridized carbons (Fsp3) is 0.652. The van der Waals surface area contributed by atoms with Gasteiger partial charge < -0.3 is 14.4 Å². The smallest absolute Gasteiger partial charge is 0.319 e. The Morgan fingerprint density at radius 3 is 2.97 bits per heavy atom. The first-order chi connectivity index (χ1) is 16.0. The van der Waals surface area contributed by atoms with E-state index in [1.54, 1.807) is 0 Å². The van der Waals surface area contributed by atoms with Gasteiger partial charge in [0.05, 0.1) is 21.4 Å². The Bertz CT molecular complexity index is 1110.